The van der Waals surface area contributed by atoms with E-state index in [1.54, 1.807) is 0 Å². The summed E-state index contributed by atoms with van der Waals surface area (Å²) in [6, 6.07) is 10.4. The molecule has 3 rings (SSSR count). The lowest BCUT2D eigenvalue weighted by molar-refractivity contribution is 0.197. The Labute approximate surface area is 84.1 Å². The van der Waals surface area contributed by atoms with Crippen LogP contribution in [0.2, 0.25) is 0 Å². The Bertz CT molecular complexity index is 393. The van der Waals surface area contributed by atoms with E-state index in [1.165, 1.54) is 11.1 Å². The van der Waals surface area contributed by atoms with E-state index in [2.05, 4.69) is 31.2 Å². The number of rotatable bonds is 1. The van der Waals surface area contributed by atoms with Crippen molar-refractivity contribution in [3.63, 3.8) is 0 Å². The van der Waals surface area contributed by atoms with E-state index in [0.717, 1.165) is 6.42 Å². The monoisotopic (exact) mass is 186 g/mol. The summed E-state index contributed by atoms with van der Waals surface area (Å²) in [5, 5.41) is 9.76. The Morgan fingerprint density at radius 3 is 2.50 bits per heavy atom. The van der Waals surface area contributed by atoms with Gasteiger partial charge in [-0.05, 0) is 28.9 Å². The van der Waals surface area contributed by atoms with E-state index >= 15 is 0 Å². The molecule has 1 saturated carbocycles. The van der Waals surface area contributed by atoms with Crippen LogP contribution in [0.5, 0.6) is 0 Å². The first-order valence-electron chi connectivity index (χ1n) is 5.17. The van der Waals surface area contributed by atoms with E-state index in [4.69, 9.17) is 0 Å². The zero-order valence-electron chi connectivity index (χ0n) is 8.27. The van der Waals surface area contributed by atoms with Crippen LogP contribution in [0.3, 0.4) is 0 Å². The van der Waals surface area contributed by atoms with Gasteiger partial charge >= 0.3 is 0 Å². The van der Waals surface area contributed by atoms with Crippen LogP contribution in [0.4, 0.5) is 0 Å². The standard InChI is InChI=1S/C13H14O/c1-13-8-11(13)12(14)7-10(13)9-5-3-2-4-6-9/h2-7,11-12,14H,8H2,1H3/t11-,12+,13+/m0/s1. The number of aliphatic hydroxyl groups is 1. The van der Waals surface area contributed by atoms with Gasteiger partial charge in [0.05, 0.1) is 6.10 Å². The van der Waals surface area contributed by atoms with Gasteiger partial charge in [-0.15, -0.1) is 0 Å². The van der Waals surface area contributed by atoms with Crippen molar-refractivity contribution in [3.05, 3.63) is 42.0 Å². The molecule has 3 atom stereocenters. The number of allylic oxidation sites excluding steroid dienone is 1. The lowest BCUT2D eigenvalue weighted by atomic mass is 9.93. The number of fused-ring (bicyclic) bond motifs is 1. The van der Waals surface area contributed by atoms with Crippen LogP contribution in [0.15, 0.2) is 36.4 Å². The van der Waals surface area contributed by atoms with Crippen LogP contribution in [-0.4, -0.2) is 11.2 Å². The summed E-state index contributed by atoms with van der Waals surface area (Å²) in [5.74, 6) is 0.484. The molecule has 0 spiro atoms. The maximum absolute atomic E-state index is 9.76. The van der Waals surface area contributed by atoms with Gasteiger partial charge in [-0.1, -0.05) is 43.3 Å². The normalized spacial score (nSPS) is 39.1. The zero-order valence-corrected chi connectivity index (χ0v) is 8.27. The topological polar surface area (TPSA) is 20.2 Å². The molecule has 1 aromatic carbocycles. The number of hydrogen-bond donors (Lipinski definition) is 1. The molecular formula is C13H14O. The fourth-order valence-electron chi connectivity index (χ4n) is 2.73. The van der Waals surface area contributed by atoms with Crippen LogP contribution in [-0.2, 0) is 0 Å². The fourth-order valence-corrected chi connectivity index (χ4v) is 2.73. The Hall–Kier alpha value is -1.08. The highest BCUT2D eigenvalue weighted by molar-refractivity contribution is 5.76. The second-order valence-electron chi connectivity index (χ2n) is 4.67. The molecule has 1 nitrogen and oxygen atoms in total. The first-order valence-corrected chi connectivity index (χ1v) is 5.17. The third-order valence-corrected chi connectivity index (χ3v) is 3.75. The van der Waals surface area contributed by atoms with Crippen LogP contribution < -0.4 is 0 Å². The third-order valence-electron chi connectivity index (χ3n) is 3.75. The van der Waals surface area contributed by atoms with E-state index in [-0.39, 0.29) is 11.5 Å². The van der Waals surface area contributed by atoms with Gasteiger partial charge in [-0.3, -0.25) is 0 Å². The van der Waals surface area contributed by atoms with E-state index < -0.39 is 0 Å². The van der Waals surface area contributed by atoms with Crippen LogP contribution in [0.1, 0.15) is 18.9 Å². The minimum Gasteiger partial charge on any atom is -0.389 e. The largest absolute Gasteiger partial charge is 0.389 e. The molecule has 2 aliphatic carbocycles. The molecule has 72 valence electrons. The van der Waals surface area contributed by atoms with Crippen LogP contribution >= 0.6 is 0 Å². The van der Waals surface area contributed by atoms with Gasteiger partial charge < -0.3 is 5.11 Å². The van der Waals surface area contributed by atoms with Crippen molar-refractivity contribution < 1.29 is 5.11 Å². The first-order chi connectivity index (χ1) is 6.72. The van der Waals surface area contributed by atoms with Crippen molar-refractivity contribution in [2.75, 3.05) is 0 Å². The minimum absolute atomic E-state index is 0.213. The van der Waals surface area contributed by atoms with Crippen molar-refractivity contribution in [1.29, 1.82) is 0 Å². The molecule has 1 aromatic rings. The Morgan fingerprint density at radius 2 is 2.00 bits per heavy atom. The Balaban J connectivity index is 2.04. The summed E-state index contributed by atoms with van der Waals surface area (Å²) < 4.78 is 0. The summed E-state index contributed by atoms with van der Waals surface area (Å²) in [7, 11) is 0. The summed E-state index contributed by atoms with van der Waals surface area (Å²) >= 11 is 0. The predicted octanol–water partition coefficient (Wildman–Crippen LogP) is 2.47. The molecule has 0 unspecified atom stereocenters. The molecule has 1 heteroatoms. The van der Waals surface area contributed by atoms with Crippen molar-refractivity contribution in [3.8, 4) is 0 Å². The minimum atomic E-state index is -0.213. The molecule has 0 heterocycles. The fraction of sp³-hybridized carbons (Fsp3) is 0.385. The van der Waals surface area contributed by atoms with Crippen molar-refractivity contribution >= 4 is 5.57 Å². The quantitative estimate of drug-likeness (QED) is 0.714. The van der Waals surface area contributed by atoms with Crippen LogP contribution in [0, 0.1) is 11.3 Å². The lowest BCUT2D eigenvalue weighted by Gasteiger charge is -2.11. The molecule has 0 amide bonds. The van der Waals surface area contributed by atoms with E-state index in [9.17, 15) is 5.11 Å². The van der Waals surface area contributed by atoms with Gasteiger partial charge in [0.25, 0.3) is 0 Å². The molecule has 0 aliphatic heterocycles. The van der Waals surface area contributed by atoms with Gasteiger partial charge in [0.2, 0.25) is 0 Å². The molecule has 0 aromatic heterocycles. The highest BCUT2D eigenvalue weighted by atomic mass is 16.3. The molecule has 1 fully saturated rings. The highest BCUT2D eigenvalue weighted by Gasteiger charge is 2.59. The summed E-state index contributed by atoms with van der Waals surface area (Å²) in [5.41, 5.74) is 2.88. The SMILES string of the molecule is C[C@]12C[C@H]1[C@H](O)C=C2c1ccccc1. The van der Waals surface area contributed by atoms with Gasteiger partial charge in [0, 0.05) is 0 Å². The van der Waals surface area contributed by atoms with Gasteiger partial charge in [-0.25, -0.2) is 0 Å². The molecule has 0 saturated heterocycles. The molecule has 14 heavy (non-hydrogen) atoms. The molecule has 2 aliphatic rings. The predicted molar refractivity (Wildman–Crippen MR) is 56.6 cm³/mol. The van der Waals surface area contributed by atoms with Crippen molar-refractivity contribution in [2.24, 2.45) is 11.3 Å². The highest BCUT2D eigenvalue weighted by Crippen LogP contribution is 2.66. The van der Waals surface area contributed by atoms with Crippen molar-refractivity contribution in [2.45, 2.75) is 19.4 Å². The number of hydrogen-bond acceptors (Lipinski definition) is 1. The van der Waals surface area contributed by atoms with Crippen LogP contribution in [0.25, 0.3) is 5.57 Å². The van der Waals surface area contributed by atoms with E-state index in [1.807, 2.05) is 12.1 Å². The molecule has 1 N–H and O–H groups in total. The van der Waals surface area contributed by atoms with Gasteiger partial charge in [0.15, 0.2) is 0 Å². The lowest BCUT2D eigenvalue weighted by Crippen LogP contribution is -2.02. The Morgan fingerprint density at radius 1 is 1.29 bits per heavy atom. The smallest absolute Gasteiger partial charge is 0.0763 e. The Kier molecular flexibility index (Phi) is 1.46. The third kappa shape index (κ3) is 0.934. The van der Waals surface area contributed by atoms with E-state index in [0.29, 0.717) is 5.92 Å². The second kappa shape index (κ2) is 2.48. The zero-order chi connectivity index (χ0) is 9.76. The average Bonchev–Trinajstić information content (AvgIpc) is 2.83. The van der Waals surface area contributed by atoms with Crippen molar-refractivity contribution in [1.82, 2.24) is 0 Å². The molecule has 0 bridgehead atoms. The maximum atomic E-state index is 9.76. The molecular weight excluding hydrogens is 172 g/mol. The summed E-state index contributed by atoms with van der Waals surface area (Å²) in [6.45, 7) is 2.26. The van der Waals surface area contributed by atoms with Gasteiger partial charge in [0.1, 0.15) is 0 Å². The van der Waals surface area contributed by atoms with Gasteiger partial charge in [-0.2, -0.15) is 0 Å². The summed E-state index contributed by atoms with van der Waals surface area (Å²) in [6.07, 6.45) is 2.97. The first kappa shape index (κ1) is 8.25. The number of benzene rings is 1. The second-order valence-corrected chi connectivity index (χ2v) is 4.67. The number of aliphatic hydroxyl groups excluding tert-OH is 1. The maximum Gasteiger partial charge on any atom is 0.0763 e. The molecule has 0 radical (unpaired) electrons. The summed E-state index contributed by atoms with van der Waals surface area (Å²) in [4.78, 5) is 0. The average molecular weight is 186 g/mol.